The summed E-state index contributed by atoms with van der Waals surface area (Å²) in [4.78, 5) is 0. The highest BCUT2D eigenvalue weighted by Crippen LogP contribution is 2.37. The molecule has 0 aliphatic carbocycles. The van der Waals surface area contributed by atoms with Gasteiger partial charge in [-0.15, -0.1) is 5.06 Å². The molecule has 23 heavy (non-hydrogen) atoms. The predicted molar refractivity (Wildman–Crippen MR) is 87.6 cm³/mol. The number of benzene rings is 2. The number of nitrogens with zero attached hydrogens (tertiary/aromatic N) is 2. The Morgan fingerprint density at radius 3 is 2.26 bits per heavy atom. The van der Waals surface area contributed by atoms with Crippen LogP contribution in [0.4, 0.5) is 0 Å². The van der Waals surface area contributed by atoms with E-state index in [2.05, 4.69) is 0 Å². The Morgan fingerprint density at radius 2 is 1.70 bits per heavy atom. The summed E-state index contributed by atoms with van der Waals surface area (Å²) < 4.78 is 6.03. The molecule has 0 radical (unpaired) electrons. The summed E-state index contributed by atoms with van der Waals surface area (Å²) in [7, 11) is 1.59. The van der Waals surface area contributed by atoms with Crippen molar-refractivity contribution in [3.05, 3.63) is 70.9 Å². The first-order valence-electron chi connectivity index (χ1n) is 7.48. The lowest BCUT2D eigenvalue weighted by atomic mass is 9.93. The van der Waals surface area contributed by atoms with Gasteiger partial charge in [-0.3, -0.25) is 0 Å². The number of hydroxylamine groups is 3. The van der Waals surface area contributed by atoms with E-state index < -0.39 is 11.7 Å². The molecule has 5 nitrogen and oxygen atoms in total. The molecule has 0 saturated heterocycles. The number of hydrogen-bond acceptors (Lipinski definition) is 4. The molecule has 0 amide bonds. The Morgan fingerprint density at radius 1 is 1.09 bits per heavy atom. The van der Waals surface area contributed by atoms with E-state index in [9.17, 15) is 10.4 Å². The van der Waals surface area contributed by atoms with Crippen molar-refractivity contribution in [1.82, 2.24) is 5.06 Å². The third kappa shape index (κ3) is 2.48. The molecule has 2 aromatic rings. The maximum atomic E-state index is 12.9. The van der Waals surface area contributed by atoms with Gasteiger partial charge in [-0.25, -0.2) is 0 Å². The van der Waals surface area contributed by atoms with Crippen molar-refractivity contribution in [3.8, 4) is 5.75 Å². The largest absolute Gasteiger partial charge is 0.622 e. The average Bonchev–Trinajstić information content (AvgIpc) is 2.74. The minimum Gasteiger partial charge on any atom is -0.622 e. The third-order valence-electron chi connectivity index (χ3n) is 4.29. The van der Waals surface area contributed by atoms with Gasteiger partial charge >= 0.3 is 0 Å². The van der Waals surface area contributed by atoms with Gasteiger partial charge in [0.2, 0.25) is 5.71 Å². The van der Waals surface area contributed by atoms with Gasteiger partial charge in [0.25, 0.3) is 6.17 Å². The molecule has 0 saturated carbocycles. The monoisotopic (exact) mass is 312 g/mol. The van der Waals surface area contributed by atoms with Crippen LogP contribution >= 0.6 is 0 Å². The van der Waals surface area contributed by atoms with E-state index in [0.29, 0.717) is 17.0 Å². The van der Waals surface area contributed by atoms with Crippen LogP contribution in [-0.4, -0.2) is 33.4 Å². The molecule has 1 aliphatic heterocycles. The second-order valence-corrected chi connectivity index (χ2v) is 6.09. The van der Waals surface area contributed by atoms with Crippen LogP contribution in [0.25, 0.3) is 0 Å². The van der Waals surface area contributed by atoms with Crippen LogP contribution < -0.4 is 4.74 Å². The van der Waals surface area contributed by atoms with Crippen molar-refractivity contribution in [2.24, 2.45) is 0 Å². The fourth-order valence-electron chi connectivity index (χ4n) is 3.03. The lowest BCUT2D eigenvalue weighted by molar-refractivity contribution is -0.544. The average molecular weight is 312 g/mol. The first kappa shape index (κ1) is 15.5. The molecule has 2 aromatic carbocycles. The Balaban J connectivity index is 2.09. The van der Waals surface area contributed by atoms with Gasteiger partial charge < -0.3 is 15.2 Å². The summed E-state index contributed by atoms with van der Waals surface area (Å²) in [6.07, 6.45) is -0.786. The Kier molecular flexibility index (Phi) is 3.83. The highest BCUT2D eigenvalue weighted by Gasteiger charge is 2.52. The topological polar surface area (TPSA) is 58.8 Å². The molecule has 0 bridgehead atoms. The second-order valence-electron chi connectivity index (χ2n) is 6.09. The molecule has 1 heterocycles. The molecule has 0 spiro atoms. The van der Waals surface area contributed by atoms with Gasteiger partial charge in [0.1, 0.15) is 11.3 Å². The molecule has 0 fully saturated rings. The minimum atomic E-state index is -0.798. The highest BCUT2D eigenvalue weighted by molar-refractivity contribution is 6.04. The SMILES string of the molecule is COc1ccc([C@@H]2N(O)C(C)(C)C(c3ccccc3)=[N+]2[O-])cc1. The summed E-state index contributed by atoms with van der Waals surface area (Å²) >= 11 is 0. The third-order valence-corrected chi connectivity index (χ3v) is 4.29. The summed E-state index contributed by atoms with van der Waals surface area (Å²) in [5.74, 6) is 0.709. The van der Waals surface area contributed by atoms with Crippen molar-refractivity contribution >= 4 is 5.71 Å². The highest BCUT2D eigenvalue weighted by atomic mass is 16.5. The quantitative estimate of drug-likeness (QED) is 0.698. The zero-order chi connectivity index (χ0) is 16.6. The lowest BCUT2D eigenvalue weighted by Crippen LogP contribution is -2.44. The summed E-state index contributed by atoms with van der Waals surface area (Å²) in [5, 5.41) is 24.7. The van der Waals surface area contributed by atoms with Gasteiger partial charge in [0.15, 0.2) is 0 Å². The standard InChI is InChI=1S/C18H20N2O3/c1-18(2)16(13-7-5-4-6-8-13)19(21)17(20(18)22)14-9-11-15(23-3)12-10-14/h4-12,17,22H,1-3H3/t17-/m0/s1. The zero-order valence-corrected chi connectivity index (χ0v) is 13.4. The second kappa shape index (κ2) is 5.68. The van der Waals surface area contributed by atoms with Crippen molar-refractivity contribution < 1.29 is 14.7 Å². The summed E-state index contributed by atoms with van der Waals surface area (Å²) in [5.41, 5.74) is 1.26. The zero-order valence-electron chi connectivity index (χ0n) is 13.4. The fourth-order valence-corrected chi connectivity index (χ4v) is 3.03. The predicted octanol–water partition coefficient (Wildman–Crippen LogP) is 3.18. The van der Waals surface area contributed by atoms with Crippen LogP contribution in [0.3, 0.4) is 0 Å². The first-order chi connectivity index (χ1) is 11.0. The van der Waals surface area contributed by atoms with Crippen LogP contribution in [0.2, 0.25) is 0 Å². The van der Waals surface area contributed by atoms with E-state index in [1.807, 2.05) is 44.2 Å². The molecule has 0 unspecified atom stereocenters. The first-order valence-corrected chi connectivity index (χ1v) is 7.48. The molecular weight excluding hydrogens is 292 g/mol. The van der Waals surface area contributed by atoms with Crippen LogP contribution in [0.15, 0.2) is 54.6 Å². The number of hydrogen-bond donors (Lipinski definition) is 1. The maximum absolute atomic E-state index is 12.9. The number of methoxy groups -OCH3 is 1. The van der Waals surface area contributed by atoms with Crippen molar-refractivity contribution in [2.75, 3.05) is 7.11 Å². The van der Waals surface area contributed by atoms with E-state index >= 15 is 0 Å². The Labute approximate surface area is 135 Å². The molecule has 1 atom stereocenters. The van der Waals surface area contributed by atoms with E-state index in [1.54, 1.807) is 31.4 Å². The fraction of sp³-hybridized carbons (Fsp3) is 0.278. The van der Waals surface area contributed by atoms with Crippen molar-refractivity contribution in [1.29, 1.82) is 0 Å². The lowest BCUT2D eigenvalue weighted by Gasteiger charge is -2.25. The van der Waals surface area contributed by atoms with E-state index in [4.69, 9.17) is 4.74 Å². The molecular formula is C18H20N2O3. The molecule has 3 rings (SSSR count). The molecule has 1 aliphatic rings. The van der Waals surface area contributed by atoms with Crippen LogP contribution in [0.5, 0.6) is 5.75 Å². The Bertz CT molecular complexity index is 724. The minimum absolute atomic E-state index is 0.543. The van der Waals surface area contributed by atoms with Gasteiger partial charge in [-0.2, -0.15) is 4.74 Å². The van der Waals surface area contributed by atoms with Crippen LogP contribution in [0, 0.1) is 5.21 Å². The smallest absolute Gasteiger partial charge is 0.268 e. The van der Waals surface area contributed by atoms with E-state index in [1.165, 1.54) is 0 Å². The summed E-state index contributed by atoms with van der Waals surface area (Å²) in [6, 6.07) is 16.6. The molecule has 1 N–H and O–H groups in total. The van der Waals surface area contributed by atoms with Gasteiger partial charge in [-0.1, -0.05) is 18.2 Å². The van der Waals surface area contributed by atoms with E-state index in [0.717, 1.165) is 15.4 Å². The van der Waals surface area contributed by atoms with E-state index in [-0.39, 0.29) is 0 Å². The van der Waals surface area contributed by atoms with Gasteiger partial charge in [0, 0.05) is 11.1 Å². The van der Waals surface area contributed by atoms with Crippen molar-refractivity contribution in [2.45, 2.75) is 25.6 Å². The molecule has 5 heteroatoms. The van der Waals surface area contributed by atoms with Gasteiger partial charge in [0.05, 0.1) is 7.11 Å². The number of ether oxygens (including phenoxy) is 1. The maximum Gasteiger partial charge on any atom is 0.268 e. The van der Waals surface area contributed by atoms with Crippen LogP contribution in [0.1, 0.15) is 31.1 Å². The van der Waals surface area contributed by atoms with Crippen LogP contribution in [-0.2, 0) is 0 Å². The summed E-state index contributed by atoms with van der Waals surface area (Å²) in [6.45, 7) is 3.67. The number of rotatable bonds is 3. The van der Waals surface area contributed by atoms with Crippen molar-refractivity contribution in [3.63, 3.8) is 0 Å². The molecule has 120 valence electrons. The van der Waals surface area contributed by atoms with Gasteiger partial charge in [-0.05, 0) is 50.2 Å². The molecule has 0 aromatic heterocycles. The normalized spacial score (nSPS) is 20.8. The Hall–Kier alpha value is -2.37.